The highest BCUT2D eigenvalue weighted by Gasteiger charge is 2.07. The minimum Gasteiger partial charge on any atom is -0.397 e. The molecule has 0 fully saturated rings. The molecule has 1 heterocycles. The Bertz CT molecular complexity index is 434. The Morgan fingerprint density at radius 2 is 2.29 bits per heavy atom. The molecule has 0 aliphatic heterocycles. The van der Waals surface area contributed by atoms with Crippen LogP contribution in [0.4, 0.5) is 5.69 Å². The van der Waals surface area contributed by atoms with E-state index in [0.29, 0.717) is 16.7 Å². The van der Waals surface area contributed by atoms with Crippen LogP contribution >= 0.6 is 15.9 Å². The molecule has 0 aliphatic carbocycles. The molecule has 0 spiro atoms. The molecule has 4 heteroatoms. The van der Waals surface area contributed by atoms with Crippen LogP contribution in [0.3, 0.4) is 0 Å². The highest BCUT2D eigenvalue weighted by molar-refractivity contribution is 9.10. The number of nitrogen functional groups attached to an aromatic ring is 1. The quantitative estimate of drug-likeness (QED) is 0.824. The third-order valence-corrected chi connectivity index (χ3v) is 2.88. The molecule has 3 nitrogen and oxygen atoms in total. The summed E-state index contributed by atoms with van der Waals surface area (Å²) >= 11 is 3.23. The van der Waals surface area contributed by atoms with Gasteiger partial charge in [-0.05, 0) is 35.3 Å². The summed E-state index contributed by atoms with van der Waals surface area (Å²) in [6, 6.07) is 0. The van der Waals surface area contributed by atoms with Crippen LogP contribution in [0.15, 0.2) is 27.6 Å². The first-order chi connectivity index (χ1) is 6.43. The Morgan fingerprint density at radius 1 is 1.71 bits per heavy atom. The summed E-state index contributed by atoms with van der Waals surface area (Å²) in [5, 5.41) is 0. The van der Waals surface area contributed by atoms with E-state index in [-0.39, 0.29) is 5.56 Å². The van der Waals surface area contributed by atoms with Gasteiger partial charge in [0.05, 0.1) is 10.2 Å². The topological polar surface area (TPSA) is 48.0 Å². The molecule has 1 aromatic rings. The fourth-order valence-electron chi connectivity index (χ4n) is 1.14. The van der Waals surface area contributed by atoms with Crippen LogP contribution in [0.25, 0.3) is 0 Å². The van der Waals surface area contributed by atoms with Crippen molar-refractivity contribution in [2.24, 2.45) is 0 Å². The van der Waals surface area contributed by atoms with E-state index in [1.165, 1.54) is 0 Å². The Hall–Kier alpha value is -1.03. The number of allylic oxidation sites excluding steroid dienone is 1. The number of nitrogens with two attached hydrogens (primary N) is 1. The van der Waals surface area contributed by atoms with Gasteiger partial charge in [0.1, 0.15) is 0 Å². The van der Waals surface area contributed by atoms with Crippen molar-refractivity contribution in [3.8, 4) is 0 Å². The highest BCUT2D eigenvalue weighted by Crippen LogP contribution is 2.17. The number of nitrogens with zero attached hydrogens (tertiary/aromatic N) is 1. The van der Waals surface area contributed by atoms with Gasteiger partial charge in [-0.15, -0.1) is 0 Å². The molecule has 0 unspecified atom stereocenters. The van der Waals surface area contributed by atoms with Crippen LogP contribution in [0.2, 0.25) is 0 Å². The largest absolute Gasteiger partial charge is 0.397 e. The van der Waals surface area contributed by atoms with Gasteiger partial charge in [0, 0.05) is 12.7 Å². The van der Waals surface area contributed by atoms with Crippen molar-refractivity contribution in [3.63, 3.8) is 0 Å². The minimum absolute atomic E-state index is 0.0697. The van der Waals surface area contributed by atoms with E-state index in [1.807, 2.05) is 13.8 Å². The van der Waals surface area contributed by atoms with Gasteiger partial charge in [-0.25, -0.2) is 0 Å². The van der Waals surface area contributed by atoms with Crippen molar-refractivity contribution in [3.05, 3.63) is 38.7 Å². The SMILES string of the molecule is C=C(C)Cn1cc(N)c(C)c(Br)c1=O. The van der Waals surface area contributed by atoms with E-state index < -0.39 is 0 Å². The second-order valence-corrected chi connectivity index (χ2v) is 4.21. The van der Waals surface area contributed by atoms with Gasteiger partial charge in [-0.1, -0.05) is 12.2 Å². The molecular weight excluding hydrogens is 244 g/mol. The lowest BCUT2D eigenvalue weighted by Gasteiger charge is -2.09. The van der Waals surface area contributed by atoms with Crippen molar-refractivity contribution in [2.45, 2.75) is 20.4 Å². The van der Waals surface area contributed by atoms with Crippen LogP contribution < -0.4 is 11.3 Å². The van der Waals surface area contributed by atoms with Crippen LogP contribution in [0, 0.1) is 6.92 Å². The maximum absolute atomic E-state index is 11.7. The van der Waals surface area contributed by atoms with Crippen molar-refractivity contribution in [1.29, 1.82) is 0 Å². The van der Waals surface area contributed by atoms with Crippen LogP contribution in [-0.4, -0.2) is 4.57 Å². The number of rotatable bonds is 2. The van der Waals surface area contributed by atoms with E-state index in [0.717, 1.165) is 11.1 Å². The van der Waals surface area contributed by atoms with Gasteiger partial charge in [0.15, 0.2) is 0 Å². The van der Waals surface area contributed by atoms with Crippen molar-refractivity contribution < 1.29 is 0 Å². The summed E-state index contributed by atoms with van der Waals surface area (Å²) in [7, 11) is 0. The Labute approximate surface area is 91.4 Å². The van der Waals surface area contributed by atoms with Crippen molar-refractivity contribution >= 4 is 21.6 Å². The summed E-state index contributed by atoms with van der Waals surface area (Å²) in [6.07, 6.45) is 1.65. The van der Waals surface area contributed by atoms with Gasteiger partial charge in [0.2, 0.25) is 0 Å². The maximum Gasteiger partial charge on any atom is 0.265 e. The number of pyridine rings is 1. The zero-order valence-corrected chi connectivity index (χ0v) is 9.89. The average Bonchev–Trinajstić information content (AvgIpc) is 2.10. The molecule has 0 atom stereocenters. The number of hydrogen-bond donors (Lipinski definition) is 1. The fraction of sp³-hybridized carbons (Fsp3) is 0.300. The molecule has 0 bridgehead atoms. The Kier molecular flexibility index (Phi) is 3.16. The summed E-state index contributed by atoms with van der Waals surface area (Å²) in [5.41, 5.74) is 7.99. The van der Waals surface area contributed by atoms with E-state index in [2.05, 4.69) is 22.5 Å². The van der Waals surface area contributed by atoms with E-state index in [4.69, 9.17) is 5.73 Å². The van der Waals surface area contributed by atoms with E-state index >= 15 is 0 Å². The monoisotopic (exact) mass is 256 g/mol. The smallest absolute Gasteiger partial charge is 0.265 e. The van der Waals surface area contributed by atoms with Crippen molar-refractivity contribution in [1.82, 2.24) is 4.57 Å². The second-order valence-electron chi connectivity index (χ2n) is 3.41. The molecule has 0 amide bonds. The number of aromatic nitrogens is 1. The van der Waals surface area contributed by atoms with Crippen LogP contribution in [0.1, 0.15) is 12.5 Å². The van der Waals surface area contributed by atoms with Crippen LogP contribution in [-0.2, 0) is 6.54 Å². The maximum atomic E-state index is 11.7. The first kappa shape index (κ1) is 11.0. The Morgan fingerprint density at radius 3 is 2.79 bits per heavy atom. The van der Waals surface area contributed by atoms with Crippen molar-refractivity contribution in [2.75, 3.05) is 5.73 Å². The zero-order valence-electron chi connectivity index (χ0n) is 8.30. The first-order valence-corrected chi connectivity index (χ1v) is 5.02. The molecule has 0 saturated heterocycles. The number of halogens is 1. The molecular formula is C10H13BrN2O. The second kappa shape index (κ2) is 4.00. The lowest BCUT2D eigenvalue weighted by Crippen LogP contribution is -2.22. The van der Waals surface area contributed by atoms with Gasteiger partial charge >= 0.3 is 0 Å². The third kappa shape index (κ3) is 2.07. The summed E-state index contributed by atoms with van der Waals surface area (Å²) < 4.78 is 2.08. The van der Waals surface area contributed by atoms with E-state index in [9.17, 15) is 4.79 Å². The third-order valence-electron chi connectivity index (χ3n) is 1.95. The number of hydrogen-bond acceptors (Lipinski definition) is 2. The molecule has 0 radical (unpaired) electrons. The van der Waals surface area contributed by atoms with Gasteiger partial charge in [-0.3, -0.25) is 4.79 Å². The lowest BCUT2D eigenvalue weighted by atomic mass is 10.2. The molecule has 0 aromatic carbocycles. The molecule has 1 rings (SSSR count). The molecule has 76 valence electrons. The zero-order chi connectivity index (χ0) is 10.9. The predicted molar refractivity (Wildman–Crippen MR) is 62.4 cm³/mol. The lowest BCUT2D eigenvalue weighted by molar-refractivity contribution is 0.744. The summed E-state index contributed by atoms with van der Waals surface area (Å²) in [5.74, 6) is 0. The highest BCUT2D eigenvalue weighted by atomic mass is 79.9. The van der Waals surface area contributed by atoms with E-state index in [1.54, 1.807) is 10.8 Å². The predicted octanol–water partition coefficient (Wildman–Crippen LogP) is 2.08. The number of anilines is 1. The minimum atomic E-state index is -0.0697. The molecule has 2 N–H and O–H groups in total. The van der Waals surface area contributed by atoms with Gasteiger partial charge < -0.3 is 10.3 Å². The molecule has 1 aromatic heterocycles. The summed E-state index contributed by atoms with van der Waals surface area (Å²) in [6.45, 7) is 7.94. The average molecular weight is 257 g/mol. The standard InChI is InChI=1S/C10H13BrN2O/c1-6(2)4-13-5-8(12)7(3)9(11)10(13)14/h5H,1,4,12H2,2-3H3. The van der Waals surface area contributed by atoms with Gasteiger partial charge in [0.25, 0.3) is 5.56 Å². The van der Waals surface area contributed by atoms with Crippen LogP contribution in [0.5, 0.6) is 0 Å². The summed E-state index contributed by atoms with van der Waals surface area (Å²) in [4.78, 5) is 11.7. The fourth-order valence-corrected chi connectivity index (χ4v) is 1.60. The normalized spacial score (nSPS) is 10.2. The molecule has 14 heavy (non-hydrogen) atoms. The van der Waals surface area contributed by atoms with Gasteiger partial charge in [-0.2, -0.15) is 0 Å². The first-order valence-electron chi connectivity index (χ1n) is 4.23. The molecule has 0 aliphatic rings. The molecule has 0 saturated carbocycles. The Balaban J connectivity index is 3.33.